The molecule has 7 nitrogen and oxygen atoms in total. The highest BCUT2D eigenvalue weighted by Crippen LogP contribution is 1.95. The third-order valence-corrected chi connectivity index (χ3v) is 4.64. The highest BCUT2D eigenvalue weighted by atomic mass is 32.2. The maximum Gasteiger partial charge on any atom is 0.227 e. The van der Waals surface area contributed by atoms with Crippen molar-refractivity contribution < 1.29 is 16.8 Å². The van der Waals surface area contributed by atoms with Gasteiger partial charge in [-0.05, 0) is 14.0 Å². The van der Waals surface area contributed by atoms with Crippen molar-refractivity contribution in [1.82, 2.24) is 9.44 Å². The van der Waals surface area contributed by atoms with Crippen LogP contribution in [-0.4, -0.2) is 41.4 Å². The van der Waals surface area contributed by atoms with Crippen LogP contribution in [0.1, 0.15) is 6.92 Å². The molecule has 0 amide bonds. The van der Waals surface area contributed by atoms with Gasteiger partial charge in [0.25, 0.3) is 0 Å². The summed E-state index contributed by atoms with van der Waals surface area (Å²) in [5.41, 5.74) is 0. The Kier molecular flexibility index (Phi) is 5.16. The van der Waals surface area contributed by atoms with Crippen molar-refractivity contribution in [2.24, 2.45) is 0 Å². The molecule has 2 N–H and O–H groups in total. The topological polar surface area (TPSA) is 116 Å². The van der Waals surface area contributed by atoms with E-state index in [0.29, 0.717) is 0 Å². The molecule has 0 saturated carbocycles. The Labute approximate surface area is 89.6 Å². The zero-order chi connectivity index (χ0) is 12.1. The second-order valence-corrected chi connectivity index (χ2v) is 6.87. The number of hydrogen-bond acceptors (Lipinski definition) is 5. The van der Waals surface area contributed by atoms with Crippen molar-refractivity contribution in [2.45, 2.75) is 12.2 Å². The summed E-state index contributed by atoms with van der Waals surface area (Å²) in [6.07, 6.45) is 0. The summed E-state index contributed by atoms with van der Waals surface area (Å²) in [6, 6.07) is 1.55. The summed E-state index contributed by atoms with van der Waals surface area (Å²) in [5.74, 6) is -0.360. The van der Waals surface area contributed by atoms with E-state index in [0.717, 1.165) is 0 Å². The minimum absolute atomic E-state index is 0.252. The molecule has 0 bridgehead atoms. The van der Waals surface area contributed by atoms with Crippen LogP contribution in [0, 0.1) is 11.3 Å². The lowest BCUT2D eigenvalue weighted by Crippen LogP contribution is -2.36. The van der Waals surface area contributed by atoms with E-state index in [-0.39, 0.29) is 12.3 Å². The Morgan fingerprint density at radius 1 is 1.33 bits per heavy atom. The van der Waals surface area contributed by atoms with Gasteiger partial charge in [0, 0.05) is 6.54 Å². The Hall–Kier alpha value is -0.690. The number of sulfonamides is 2. The number of nitrogens with zero attached hydrogens (tertiary/aromatic N) is 1. The molecule has 0 radical (unpaired) electrons. The van der Waals surface area contributed by atoms with E-state index < -0.39 is 25.3 Å². The molecule has 0 aromatic heterocycles. The molecular formula is C6H13N3O4S2. The molecule has 0 aliphatic heterocycles. The molecule has 9 heteroatoms. The molecule has 0 aliphatic carbocycles. The molecule has 1 atom stereocenters. The lowest BCUT2D eigenvalue weighted by Gasteiger charge is -2.07. The van der Waals surface area contributed by atoms with Gasteiger partial charge in [-0.2, -0.15) is 5.26 Å². The second kappa shape index (κ2) is 5.41. The molecule has 0 rings (SSSR count). The van der Waals surface area contributed by atoms with Crippen LogP contribution in [0.3, 0.4) is 0 Å². The number of nitrogens with one attached hydrogen (secondary N) is 2. The third-order valence-electron chi connectivity index (χ3n) is 1.63. The summed E-state index contributed by atoms with van der Waals surface area (Å²) < 4.78 is 48.3. The minimum atomic E-state index is -3.74. The highest BCUT2D eigenvalue weighted by molar-refractivity contribution is 7.90. The van der Waals surface area contributed by atoms with Gasteiger partial charge >= 0.3 is 0 Å². The van der Waals surface area contributed by atoms with Crippen molar-refractivity contribution in [3.63, 3.8) is 0 Å². The normalized spacial score (nSPS) is 14.5. The van der Waals surface area contributed by atoms with Crippen LogP contribution in [-0.2, 0) is 20.0 Å². The smallest absolute Gasteiger partial charge is 0.218 e. The van der Waals surface area contributed by atoms with Gasteiger partial charge in [-0.25, -0.2) is 26.3 Å². The average molecular weight is 255 g/mol. The molecule has 0 aromatic carbocycles. The van der Waals surface area contributed by atoms with Gasteiger partial charge < -0.3 is 0 Å². The molecule has 0 aliphatic rings. The highest BCUT2D eigenvalue weighted by Gasteiger charge is 2.20. The van der Waals surface area contributed by atoms with Gasteiger partial charge in [0.1, 0.15) is 0 Å². The van der Waals surface area contributed by atoms with Gasteiger partial charge in [0.2, 0.25) is 20.0 Å². The van der Waals surface area contributed by atoms with E-state index in [9.17, 15) is 16.8 Å². The number of rotatable bonds is 6. The first-order valence-corrected chi connectivity index (χ1v) is 7.24. The quantitative estimate of drug-likeness (QED) is 0.591. The molecule has 0 aromatic rings. The molecule has 0 spiro atoms. The summed E-state index contributed by atoms with van der Waals surface area (Å²) in [5, 5.41) is 7.18. The monoisotopic (exact) mass is 255 g/mol. The van der Waals surface area contributed by atoms with Crippen LogP contribution in [0.15, 0.2) is 0 Å². The van der Waals surface area contributed by atoms with Gasteiger partial charge in [0.15, 0.2) is 5.25 Å². The van der Waals surface area contributed by atoms with Crippen molar-refractivity contribution in [1.29, 1.82) is 5.26 Å². The Morgan fingerprint density at radius 3 is 2.27 bits per heavy atom. The summed E-state index contributed by atoms with van der Waals surface area (Å²) >= 11 is 0. The predicted molar refractivity (Wildman–Crippen MR) is 54.8 cm³/mol. The van der Waals surface area contributed by atoms with Crippen LogP contribution in [0.25, 0.3) is 0 Å². The summed E-state index contributed by atoms with van der Waals surface area (Å²) in [6.45, 7) is 0.965. The standard InChI is InChI=1S/C6H13N3O4S2/c1-6(5-7)15(12,13)9-3-4-14(10,11)8-2/h6,8-9H,3-4H2,1-2H3. The summed E-state index contributed by atoms with van der Waals surface area (Å²) in [4.78, 5) is 0. The van der Waals surface area contributed by atoms with E-state index in [1.807, 2.05) is 9.44 Å². The zero-order valence-corrected chi connectivity index (χ0v) is 10.0. The van der Waals surface area contributed by atoms with Crippen molar-refractivity contribution in [2.75, 3.05) is 19.3 Å². The largest absolute Gasteiger partial charge is 0.227 e. The van der Waals surface area contributed by atoms with Crippen LogP contribution in [0.5, 0.6) is 0 Å². The Morgan fingerprint density at radius 2 is 1.87 bits per heavy atom. The lowest BCUT2D eigenvalue weighted by atomic mass is 10.5. The maximum absolute atomic E-state index is 11.2. The molecule has 0 heterocycles. The molecule has 15 heavy (non-hydrogen) atoms. The molecule has 0 saturated heterocycles. The van der Waals surface area contributed by atoms with Gasteiger partial charge in [-0.15, -0.1) is 0 Å². The van der Waals surface area contributed by atoms with E-state index >= 15 is 0 Å². The third kappa shape index (κ3) is 5.08. The van der Waals surface area contributed by atoms with Crippen molar-refractivity contribution in [3.05, 3.63) is 0 Å². The van der Waals surface area contributed by atoms with Crippen molar-refractivity contribution in [3.8, 4) is 6.07 Å². The van der Waals surface area contributed by atoms with Crippen LogP contribution in [0.4, 0.5) is 0 Å². The van der Waals surface area contributed by atoms with E-state index in [1.165, 1.54) is 14.0 Å². The first-order valence-electron chi connectivity index (χ1n) is 4.04. The maximum atomic E-state index is 11.2. The first kappa shape index (κ1) is 14.3. The van der Waals surface area contributed by atoms with Crippen LogP contribution in [0.2, 0.25) is 0 Å². The van der Waals surface area contributed by atoms with Gasteiger partial charge in [-0.1, -0.05) is 0 Å². The van der Waals surface area contributed by atoms with E-state index in [1.54, 1.807) is 6.07 Å². The van der Waals surface area contributed by atoms with E-state index in [2.05, 4.69) is 0 Å². The second-order valence-electron chi connectivity index (χ2n) is 2.73. The van der Waals surface area contributed by atoms with Crippen molar-refractivity contribution >= 4 is 20.0 Å². The number of hydrogen-bond donors (Lipinski definition) is 2. The van der Waals surface area contributed by atoms with E-state index in [4.69, 9.17) is 5.26 Å². The number of nitriles is 1. The molecule has 1 unspecified atom stereocenters. The molecule has 0 fully saturated rings. The fourth-order valence-electron chi connectivity index (χ4n) is 0.615. The average Bonchev–Trinajstić information content (AvgIpc) is 2.16. The first-order chi connectivity index (χ1) is 6.75. The lowest BCUT2D eigenvalue weighted by molar-refractivity contribution is 0.575. The minimum Gasteiger partial charge on any atom is -0.218 e. The van der Waals surface area contributed by atoms with Gasteiger partial charge in [0.05, 0.1) is 11.8 Å². The SMILES string of the molecule is CNS(=O)(=O)CCNS(=O)(=O)C(C)C#N. The fourth-order valence-corrected chi connectivity index (χ4v) is 2.09. The Bertz CT molecular complexity index is 433. The van der Waals surface area contributed by atoms with Crippen LogP contribution < -0.4 is 9.44 Å². The van der Waals surface area contributed by atoms with Gasteiger partial charge in [-0.3, -0.25) is 0 Å². The predicted octanol–water partition coefficient (Wildman–Crippen LogP) is -1.63. The molecule has 88 valence electrons. The summed E-state index contributed by atoms with van der Waals surface area (Å²) in [7, 11) is -5.94. The zero-order valence-electron chi connectivity index (χ0n) is 8.39. The molecular weight excluding hydrogens is 242 g/mol. The van der Waals surface area contributed by atoms with Crippen LogP contribution >= 0.6 is 0 Å². The fraction of sp³-hybridized carbons (Fsp3) is 0.833. The Balaban J connectivity index is 4.27.